The van der Waals surface area contributed by atoms with E-state index in [1.54, 1.807) is 0 Å². The molecule has 0 spiro atoms. The lowest BCUT2D eigenvalue weighted by Crippen LogP contribution is -2.47. The van der Waals surface area contributed by atoms with E-state index in [0.717, 1.165) is 77.5 Å². The number of amides is 1. The molecule has 0 radical (unpaired) electrons. The predicted octanol–water partition coefficient (Wildman–Crippen LogP) is 4.62. The highest BCUT2D eigenvalue weighted by Crippen LogP contribution is 2.31. The van der Waals surface area contributed by atoms with E-state index in [4.69, 9.17) is 20.9 Å². The zero-order chi connectivity index (χ0) is 24.2. The molecule has 9 heteroatoms. The minimum atomic E-state index is -0.448. The first kappa shape index (κ1) is 24.8. The summed E-state index contributed by atoms with van der Waals surface area (Å²) in [6, 6.07) is 3.25. The van der Waals surface area contributed by atoms with Crippen molar-refractivity contribution in [3.05, 3.63) is 23.0 Å². The Kier molecular flexibility index (Phi) is 8.10. The number of carbonyl (C=O) groups is 1. The van der Waals surface area contributed by atoms with E-state index in [-0.39, 0.29) is 10.9 Å². The molecule has 1 aromatic heterocycles. The molecule has 2 aromatic rings. The normalized spacial score (nSPS) is 24.7. The number of rotatable bonds is 7. The highest BCUT2D eigenvalue weighted by molar-refractivity contribution is 6.31. The van der Waals surface area contributed by atoms with Crippen molar-refractivity contribution in [2.45, 2.75) is 57.4 Å². The van der Waals surface area contributed by atoms with Crippen LogP contribution in [0.5, 0.6) is 0 Å². The average molecular weight is 507 g/mol. The summed E-state index contributed by atoms with van der Waals surface area (Å²) in [5.41, 5.74) is 0.518. The molecule has 3 fully saturated rings. The molecule has 2 saturated heterocycles. The van der Waals surface area contributed by atoms with Crippen LogP contribution in [-0.4, -0.2) is 67.9 Å². The van der Waals surface area contributed by atoms with Crippen LogP contribution in [0.4, 0.5) is 10.2 Å². The molecule has 35 heavy (non-hydrogen) atoms. The quantitative estimate of drug-likeness (QED) is 0.590. The van der Waals surface area contributed by atoms with Crippen molar-refractivity contribution in [1.82, 2.24) is 15.4 Å². The Bertz CT molecular complexity index is 996. The van der Waals surface area contributed by atoms with Gasteiger partial charge in [0.2, 0.25) is 5.91 Å². The first-order chi connectivity index (χ1) is 17.0. The third-order valence-electron chi connectivity index (χ3n) is 8.05. The van der Waals surface area contributed by atoms with Gasteiger partial charge in [0.25, 0.3) is 0 Å². The average Bonchev–Trinajstić information content (AvgIpc) is 3.27. The lowest BCUT2D eigenvalue weighted by Gasteiger charge is -2.36. The highest BCUT2D eigenvalue weighted by atomic mass is 35.5. The van der Waals surface area contributed by atoms with Crippen molar-refractivity contribution < 1.29 is 18.4 Å². The number of ether oxygens (including phenoxy) is 1. The van der Waals surface area contributed by atoms with Crippen LogP contribution in [0.3, 0.4) is 0 Å². The largest absolute Gasteiger partial charge is 0.381 e. The number of piperazine rings is 1. The van der Waals surface area contributed by atoms with Gasteiger partial charge in [-0.05, 0) is 69.4 Å². The summed E-state index contributed by atoms with van der Waals surface area (Å²) in [4.78, 5) is 17.1. The number of nitrogens with one attached hydrogen (secondary N) is 1. The maximum absolute atomic E-state index is 13.9. The number of carbonyl (C=O) groups excluding carboxylic acids is 1. The molecule has 1 saturated carbocycles. The molecule has 2 aliphatic heterocycles. The minimum absolute atomic E-state index is 0.0522. The van der Waals surface area contributed by atoms with Crippen LogP contribution < -0.4 is 10.2 Å². The van der Waals surface area contributed by atoms with Crippen molar-refractivity contribution in [3.8, 4) is 0 Å². The van der Waals surface area contributed by atoms with Gasteiger partial charge in [-0.15, -0.1) is 0 Å². The number of hydrogen-bond acceptors (Lipinski definition) is 6. The molecule has 0 unspecified atom stereocenters. The Morgan fingerprint density at radius 2 is 1.80 bits per heavy atom. The van der Waals surface area contributed by atoms with Crippen molar-refractivity contribution in [2.24, 2.45) is 11.8 Å². The van der Waals surface area contributed by atoms with Gasteiger partial charge in [0, 0.05) is 57.9 Å². The molecule has 1 aromatic carbocycles. The zero-order valence-corrected chi connectivity index (χ0v) is 21.1. The fraction of sp³-hybridized carbons (Fsp3) is 0.692. The van der Waals surface area contributed by atoms with Crippen LogP contribution in [-0.2, 0) is 9.53 Å². The Morgan fingerprint density at radius 3 is 2.54 bits per heavy atom. The number of nitrogens with zero attached hydrogens (tertiary/aromatic N) is 3. The molecule has 3 heterocycles. The number of anilines is 1. The van der Waals surface area contributed by atoms with Gasteiger partial charge in [0.1, 0.15) is 5.82 Å². The Morgan fingerprint density at radius 1 is 1.06 bits per heavy atom. The monoisotopic (exact) mass is 506 g/mol. The first-order valence-corrected chi connectivity index (χ1v) is 13.5. The number of halogens is 2. The lowest BCUT2D eigenvalue weighted by atomic mass is 9.83. The van der Waals surface area contributed by atoms with Crippen LogP contribution >= 0.6 is 11.6 Å². The van der Waals surface area contributed by atoms with Gasteiger partial charge in [0.15, 0.2) is 11.4 Å². The molecular formula is C26H36ClFN4O3. The molecule has 0 bridgehead atoms. The zero-order valence-electron chi connectivity index (χ0n) is 20.3. The van der Waals surface area contributed by atoms with Gasteiger partial charge in [-0.3, -0.25) is 9.69 Å². The summed E-state index contributed by atoms with van der Waals surface area (Å²) in [5, 5.41) is 8.20. The van der Waals surface area contributed by atoms with Crippen LogP contribution in [0.1, 0.15) is 51.4 Å². The smallest absolute Gasteiger partial charge is 0.220 e. The fourth-order valence-corrected chi connectivity index (χ4v) is 5.95. The number of aromatic nitrogens is 1. The van der Waals surface area contributed by atoms with Crippen molar-refractivity contribution in [2.75, 3.05) is 50.8 Å². The summed E-state index contributed by atoms with van der Waals surface area (Å²) in [5.74, 6) is 1.71. The molecule has 1 N–H and O–H groups in total. The SMILES string of the molecule is O=C(CC1CCOCC1)N[C@H]1CC[C@H](CCN2CCN(c3noc4cc(Cl)c(F)cc34)CC2)CC1. The maximum Gasteiger partial charge on any atom is 0.220 e. The van der Waals surface area contributed by atoms with Gasteiger partial charge in [-0.2, -0.15) is 0 Å². The van der Waals surface area contributed by atoms with E-state index in [1.807, 2.05) is 0 Å². The molecule has 3 aliphatic rings. The van der Waals surface area contributed by atoms with Crippen LogP contribution in [0.15, 0.2) is 16.7 Å². The molecule has 5 rings (SSSR count). The lowest BCUT2D eigenvalue weighted by molar-refractivity contribution is -0.123. The van der Waals surface area contributed by atoms with E-state index < -0.39 is 5.82 Å². The van der Waals surface area contributed by atoms with Crippen molar-refractivity contribution in [3.63, 3.8) is 0 Å². The topological polar surface area (TPSA) is 70.8 Å². The van der Waals surface area contributed by atoms with Crippen LogP contribution in [0.25, 0.3) is 11.0 Å². The number of fused-ring (bicyclic) bond motifs is 1. The van der Waals surface area contributed by atoms with E-state index in [2.05, 4.69) is 20.3 Å². The molecule has 0 atom stereocenters. The Hall–Kier alpha value is -1.90. The van der Waals surface area contributed by atoms with Crippen molar-refractivity contribution in [1.29, 1.82) is 0 Å². The van der Waals surface area contributed by atoms with Gasteiger partial charge in [0.05, 0.1) is 10.4 Å². The van der Waals surface area contributed by atoms with Gasteiger partial charge < -0.3 is 19.5 Å². The Labute approximate surface area is 211 Å². The summed E-state index contributed by atoms with van der Waals surface area (Å²) >= 11 is 5.86. The highest BCUT2D eigenvalue weighted by Gasteiger charge is 2.26. The van der Waals surface area contributed by atoms with Gasteiger partial charge in [-0.25, -0.2) is 4.39 Å². The maximum atomic E-state index is 13.9. The van der Waals surface area contributed by atoms with E-state index in [1.165, 1.54) is 31.4 Å². The van der Waals surface area contributed by atoms with Crippen LogP contribution in [0.2, 0.25) is 5.02 Å². The van der Waals surface area contributed by atoms with E-state index in [0.29, 0.717) is 35.2 Å². The first-order valence-electron chi connectivity index (χ1n) is 13.1. The fourth-order valence-electron chi connectivity index (χ4n) is 5.79. The number of hydrogen-bond donors (Lipinski definition) is 1. The molecule has 7 nitrogen and oxygen atoms in total. The third kappa shape index (κ3) is 6.27. The van der Waals surface area contributed by atoms with E-state index >= 15 is 0 Å². The Balaban J connectivity index is 1.00. The van der Waals surface area contributed by atoms with E-state index in [9.17, 15) is 9.18 Å². The molecular weight excluding hydrogens is 471 g/mol. The second-order valence-corrected chi connectivity index (χ2v) is 10.8. The summed E-state index contributed by atoms with van der Waals surface area (Å²) < 4.78 is 24.7. The molecule has 1 amide bonds. The predicted molar refractivity (Wildman–Crippen MR) is 134 cm³/mol. The second-order valence-electron chi connectivity index (χ2n) is 10.4. The van der Waals surface area contributed by atoms with Gasteiger partial charge in [-0.1, -0.05) is 16.8 Å². The van der Waals surface area contributed by atoms with Crippen molar-refractivity contribution >= 4 is 34.3 Å². The standard InChI is InChI=1S/C26H36ClFN4O3/c27-22-17-24-21(16-23(22)28)26(30-35-24)32-11-9-31(10-12-32)8-5-18-1-3-20(4-2-18)29-25(33)15-19-6-13-34-14-7-19/h16-20H,1-15H2,(H,29,33)/t18-,20-. The third-order valence-corrected chi connectivity index (χ3v) is 8.34. The minimum Gasteiger partial charge on any atom is -0.381 e. The summed E-state index contributed by atoms with van der Waals surface area (Å²) in [6.07, 6.45) is 8.47. The summed E-state index contributed by atoms with van der Waals surface area (Å²) in [6.45, 7) is 6.30. The molecule has 1 aliphatic carbocycles. The van der Waals surface area contributed by atoms with Gasteiger partial charge >= 0.3 is 0 Å². The number of benzene rings is 1. The summed E-state index contributed by atoms with van der Waals surface area (Å²) in [7, 11) is 0. The molecule has 192 valence electrons. The van der Waals surface area contributed by atoms with Crippen LogP contribution in [0, 0.1) is 17.7 Å². The second kappa shape index (κ2) is 11.4.